The van der Waals surface area contributed by atoms with Gasteiger partial charge in [-0.3, -0.25) is 4.90 Å². The number of piperidine rings is 1. The van der Waals surface area contributed by atoms with Crippen molar-refractivity contribution in [2.75, 3.05) is 37.6 Å². The fourth-order valence-corrected chi connectivity index (χ4v) is 4.56. The summed E-state index contributed by atoms with van der Waals surface area (Å²) in [6, 6.07) is 8.39. The number of aromatic carboxylic acids is 1. The van der Waals surface area contributed by atoms with Crippen molar-refractivity contribution in [2.24, 2.45) is 0 Å². The molecule has 2 aromatic rings. The van der Waals surface area contributed by atoms with Crippen molar-refractivity contribution in [2.45, 2.75) is 45.7 Å². The van der Waals surface area contributed by atoms with Gasteiger partial charge in [0.1, 0.15) is 0 Å². The van der Waals surface area contributed by atoms with Gasteiger partial charge in [0.25, 0.3) is 0 Å². The lowest BCUT2D eigenvalue weighted by Gasteiger charge is -2.39. The van der Waals surface area contributed by atoms with Gasteiger partial charge in [-0.1, -0.05) is 12.1 Å². The first-order chi connectivity index (χ1) is 14.9. The molecule has 2 fully saturated rings. The van der Waals surface area contributed by atoms with E-state index in [1.54, 1.807) is 4.90 Å². The number of hydrogen-bond acceptors (Lipinski definition) is 5. The number of nitrogens with zero attached hydrogens (tertiary/aromatic N) is 5. The minimum absolute atomic E-state index is 0.120. The van der Waals surface area contributed by atoms with E-state index in [4.69, 9.17) is 5.11 Å². The second kappa shape index (κ2) is 9.09. The predicted octanol–water partition coefficient (Wildman–Crippen LogP) is 3.05. The van der Waals surface area contributed by atoms with Gasteiger partial charge in [0.15, 0.2) is 5.69 Å². The minimum atomic E-state index is -1.13. The summed E-state index contributed by atoms with van der Waals surface area (Å²) in [5.41, 5.74) is 3.86. The Bertz CT molecular complexity index is 948. The molecule has 1 N–H and O–H groups in total. The molecule has 2 aliphatic rings. The Morgan fingerprint density at radius 2 is 1.87 bits per heavy atom. The summed E-state index contributed by atoms with van der Waals surface area (Å²) in [4.78, 5) is 30.3. The van der Waals surface area contributed by atoms with Crippen LogP contribution in [0.25, 0.3) is 0 Å². The van der Waals surface area contributed by atoms with Gasteiger partial charge in [0, 0.05) is 57.2 Å². The van der Waals surface area contributed by atoms with Crippen LogP contribution in [-0.2, 0) is 6.54 Å². The predicted molar refractivity (Wildman–Crippen MR) is 119 cm³/mol. The van der Waals surface area contributed by atoms with Crippen LogP contribution in [0.4, 0.5) is 10.5 Å². The lowest BCUT2D eigenvalue weighted by Crippen LogP contribution is -2.49. The number of amides is 1. The average molecular weight is 426 g/mol. The van der Waals surface area contributed by atoms with Gasteiger partial charge in [-0.25, -0.2) is 9.59 Å². The van der Waals surface area contributed by atoms with Gasteiger partial charge in [-0.15, -0.1) is 0 Å². The van der Waals surface area contributed by atoms with Gasteiger partial charge >= 0.3 is 12.0 Å². The molecule has 166 valence electrons. The number of carbonyl (C=O) groups excluding carboxylic acids is 1. The number of aryl methyl sites for hydroxylation is 1. The molecule has 0 saturated carbocycles. The molecule has 31 heavy (non-hydrogen) atoms. The lowest BCUT2D eigenvalue weighted by molar-refractivity contribution is 0.0689. The molecular weight excluding hydrogens is 394 g/mol. The van der Waals surface area contributed by atoms with Crippen molar-refractivity contribution in [3.05, 3.63) is 47.3 Å². The molecule has 1 atom stereocenters. The van der Waals surface area contributed by atoms with Crippen LogP contribution in [0.15, 0.2) is 30.5 Å². The Kier molecular flexibility index (Phi) is 6.27. The van der Waals surface area contributed by atoms with Gasteiger partial charge in [-0.05, 0) is 56.4 Å². The van der Waals surface area contributed by atoms with Crippen molar-refractivity contribution < 1.29 is 14.7 Å². The molecule has 0 aliphatic carbocycles. The molecule has 1 amide bonds. The molecule has 0 unspecified atom stereocenters. The maximum absolute atomic E-state index is 12.6. The van der Waals surface area contributed by atoms with Crippen molar-refractivity contribution >= 4 is 17.7 Å². The topological polar surface area (TPSA) is 81.9 Å². The first-order valence-corrected chi connectivity index (χ1v) is 11.1. The van der Waals surface area contributed by atoms with Gasteiger partial charge < -0.3 is 14.9 Å². The van der Waals surface area contributed by atoms with Crippen LogP contribution < -0.4 is 4.90 Å². The standard InChI is InChI=1S/C23H31N5O3/c1-17-6-7-19(21(15-17)27-9-4-3-5-18(27)2)16-25-11-13-26(14-12-25)23(31)28-10-8-20(24-28)22(29)30/h6-8,10,15,18H,3-5,9,11-14,16H2,1-2H3,(H,29,30)/t18-/m1/s1. The number of hydrogen-bond donors (Lipinski definition) is 1. The van der Waals surface area contributed by atoms with Crippen LogP contribution in [0.3, 0.4) is 0 Å². The number of aromatic nitrogens is 2. The summed E-state index contributed by atoms with van der Waals surface area (Å²) in [5, 5.41) is 12.9. The molecule has 1 aromatic heterocycles. The highest BCUT2D eigenvalue weighted by Gasteiger charge is 2.26. The summed E-state index contributed by atoms with van der Waals surface area (Å²) >= 11 is 0. The molecule has 1 aromatic carbocycles. The molecule has 0 bridgehead atoms. The third-order valence-corrected chi connectivity index (χ3v) is 6.39. The highest BCUT2D eigenvalue weighted by Crippen LogP contribution is 2.30. The van der Waals surface area contributed by atoms with Crippen LogP contribution in [0, 0.1) is 6.92 Å². The number of benzene rings is 1. The average Bonchev–Trinajstić information content (AvgIpc) is 3.26. The first kappa shape index (κ1) is 21.4. The monoisotopic (exact) mass is 425 g/mol. The molecular formula is C23H31N5O3. The summed E-state index contributed by atoms with van der Waals surface area (Å²) < 4.78 is 1.12. The number of carbonyl (C=O) groups is 2. The van der Waals surface area contributed by atoms with Crippen LogP contribution >= 0.6 is 0 Å². The molecule has 4 rings (SSSR count). The van der Waals surface area contributed by atoms with Crippen LogP contribution in [-0.4, -0.2) is 75.5 Å². The van der Waals surface area contributed by atoms with Crippen molar-refractivity contribution in [1.82, 2.24) is 19.6 Å². The fraction of sp³-hybridized carbons (Fsp3) is 0.522. The lowest BCUT2D eigenvalue weighted by atomic mass is 9.99. The number of carboxylic acids is 1. The van der Waals surface area contributed by atoms with E-state index in [1.165, 1.54) is 48.3 Å². The number of piperazine rings is 1. The summed E-state index contributed by atoms with van der Waals surface area (Å²) in [6.07, 6.45) is 5.20. The van der Waals surface area contributed by atoms with E-state index < -0.39 is 5.97 Å². The van der Waals surface area contributed by atoms with Crippen LogP contribution in [0.1, 0.15) is 47.8 Å². The molecule has 0 spiro atoms. The van der Waals surface area contributed by atoms with E-state index in [1.807, 2.05) is 0 Å². The number of rotatable bonds is 4. The first-order valence-electron chi connectivity index (χ1n) is 11.1. The Hall–Kier alpha value is -2.87. The van der Waals surface area contributed by atoms with Gasteiger partial charge in [-0.2, -0.15) is 9.78 Å². The Morgan fingerprint density at radius 3 is 2.55 bits per heavy atom. The Balaban J connectivity index is 1.40. The van der Waals surface area contributed by atoms with E-state index in [0.717, 1.165) is 30.9 Å². The fourth-order valence-electron chi connectivity index (χ4n) is 4.56. The van der Waals surface area contributed by atoms with Crippen LogP contribution in [0.2, 0.25) is 0 Å². The maximum Gasteiger partial charge on any atom is 0.356 e. The molecule has 8 heteroatoms. The van der Waals surface area contributed by atoms with Crippen molar-refractivity contribution in [3.8, 4) is 0 Å². The Morgan fingerprint density at radius 1 is 1.10 bits per heavy atom. The number of carboxylic acid groups (broad SMARTS) is 1. The highest BCUT2D eigenvalue weighted by molar-refractivity contribution is 5.86. The van der Waals surface area contributed by atoms with Crippen molar-refractivity contribution in [3.63, 3.8) is 0 Å². The smallest absolute Gasteiger partial charge is 0.356 e. The molecule has 3 heterocycles. The third kappa shape index (κ3) is 4.74. The Labute approximate surface area is 183 Å². The minimum Gasteiger partial charge on any atom is -0.476 e. The normalized spacial score (nSPS) is 20.1. The largest absolute Gasteiger partial charge is 0.476 e. The van der Waals surface area contributed by atoms with E-state index >= 15 is 0 Å². The van der Waals surface area contributed by atoms with Crippen LogP contribution in [0.5, 0.6) is 0 Å². The maximum atomic E-state index is 12.6. The zero-order valence-electron chi connectivity index (χ0n) is 18.3. The third-order valence-electron chi connectivity index (χ3n) is 6.39. The molecule has 0 radical (unpaired) electrons. The highest BCUT2D eigenvalue weighted by atomic mass is 16.4. The molecule has 2 saturated heterocycles. The summed E-state index contributed by atoms with van der Waals surface area (Å²) in [6.45, 7) is 9.21. The van der Waals surface area contributed by atoms with Gasteiger partial charge in [0.2, 0.25) is 0 Å². The molecule has 2 aliphatic heterocycles. The second-order valence-electron chi connectivity index (χ2n) is 8.67. The molecule has 8 nitrogen and oxygen atoms in total. The van der Waals surface area contributed by atoms with Gasteiger partial charge in [0.05, 0.1) is 0 Å². The second-order valence-corrected chi connectivity index (χ2v) is 8.67. The van der Waals surface area contributed by atoms with E-state index in [-0.39, 0.29) is 11.7 Å². The van der Waals surface area contributed by atoms with E-state index in [9.17, 15) is 9.59 Å². The SMILES string of the molecule is Cc1ccc(CN2CCN(C(=O)n3ccc(C(=O)O)n3)CC2)c(N2CCCC[C@H]2C)c1. The zero-order chi connectivity index (χ0) is 22.0. The van der Waals surface area contributed by atoms with E-state index in [0.29, 0.717) is 19.1 Å². The quantitative estimate of drug-likeness (QED) is 0.811. The van der Waals surface area contributed by atoms with E-state index in [2.05, 4.69) is 46.9 Å². The summed E-state index contributed by atoms with van der Waals surface area (Å²) in [7, 11) is 0. The number of anilines is 1. The zero-order valence-corrected chi connectivity index (χ0v) is 18.3. The summed E-state index contributed by atoms with van der Waals surface area (Å²) in [5.74, 6) is -1.13. The van der Waals surface area contributed by atoms with Crippen molar-refractivity contribution in [1.29, 1.82) is 0 Å².